The number of carbonyl (C=O) groups is 1. The number of hydrogen-bond acceptors (Lipinski definition) is 5. The van der Waals surface area contributed by atoms with Gasteiger partial charge in [0, 0.05) is 38.0 Å². The van der Waals surface area contributed by atoms with E-state index in [1.807, 2.05) is 11.8 Å². The Morgan fingerprint density at radius 1 is 1.50 bits per heavy atom. The van der Waals surface area contributed by atoms with Crippen LogP contribution in [0.15, 0.2) is 0 Å². The molecule has 1 aliphatic rings. The summed E-state index contributed by atoms with van der Waals surface area (Å²) in [5.74, 6) is 0.0800. The number of piperidine rings is 1. The third kappa shape index (κ3) is 4.76. The van der Waals surface area contributed by atoms with E-state index < -0.39 is 0 Å². The maximum Gasteiger partial charge on any atom is 0.234 e. The Kier molecular flexibility index (Phi) is 6.99. The lowest BCUT2D eigenvalue weighted by molar-refractivity contribution is -0.122. The van der Waals surface area contributed by atoms with Crippen molar-refractivity contribution in [2.45, 2.75) is 17.6 Å². The lowest BCUT2D eigenvalue weighted by atomic mass is 9.96. The molecule has 0 saturated carbocycles. The van der Waals surface area contributed by atoms with Gasteiger partial charge in [-0.25, -0.2) is 0 Å². The van der Waals surface area contributed by atoms with Crippen LogP contribution in [0.5, 0.6) is 0 Å². The fourth-order valence-electron chi connectivity index (χ4n) is 2.16. The zero-order valence-corrected chi connectivity index (χ0v) is 12.2. The molecule has 0 atom stereocenters. The molecule has 0 aliphatic carbocycles. The molecular formula is C12H25N3O2S. The van der Waals surface area contributed by atoms with E-state index in [1.54, 1.807) is 7.11 Å². The molecule has 0 aromatic rings. The Labute approximate surface area is 114 Å². The molecule has 1 heterocycles. The lowest BCUT2D eigenvalue weighted by Crippen LogP contribution is -2.49. The van der Waals surface area contributed by atoms with Gasteiger partial charge in [-0.15, -0.1) is 0 Å². The molecule has 0 bridgehead atoms. The molecule has 1 rings (SSSR count). The summed E-state index contributed by atoms with van der Waals surface area (Å²) < 4.78 is 5.12. The molecule has 6 heteroatoms. The number of ether oxygens (including phenoxy) is 1. The van der Waals surface area contributed by atoms with Gasteiger partial charge >= 0.3 is 0 Å². The number of thioether (sulfide) groups is 1. The van der Waals surface area contributed by atoms with Gasteiger partial charge in [-0.1, -0.05) is 0 Å². The van der Waals surface area contributed by atoms with Gasteiger partial charge in [0.05, 0.1) is 13.2 Å². The summed E-state index contributed by atoms with van der Waals surface area (Å²) in [7, 11) is 1.63. The van der Waals surface area contributed by atoms with Crippen LogP contribution in [0.4, 0.5) is 0 Å². The van der Waals surface area contributed by atoms with E-state index in [0.717, 1.165) is 32.5 Å². The number of methoxy groups -OCH3 is 1. The van der Waals surface area contributed by atoms with Crippen LogP contribution in [0, 0.1) is 0 Å². The zero-order chi connectivity index (χ0) is 13.4. The first kappa shape index (κ1) is 15.8. The number of amides is 1. The molecule has 0 radical (unpaired) electrons. The van der Waals surface area contributed by atoms with E-state index >= 15 is 0 Å². The van der Waals surface area contributed by atoms with E-state index in [-0.39, 0.29) is 10.7 Å². The third-order valence-corrected chi connectivity index (χ3v) is 5.01. The monoisotopic (exact) mass is 275 g/mol. The summed E-state index contributed by atoms with van der Waals surface area (Å²) in [5.41, 5.74) is 5.84. The van der Waals surface area contributed by atoms with Crippen molar-refractivity contribution in [3.05, 3.63) is 0 Å². The van der Waals surface area contributed by atoms with E-state index in [1.165, 1.54) is 0 Å². The van der Waals surface area contributed by atoms with E-state index in [4.69, 9.17) is 10.5 Å². The average Bonchev–Trinajstić information content (AvgIpc) is 2.40. The minimum Gasteiger partial charge on any atom is -0.383 e. The highest BCUT2D eigenvalue weighted by Gasteiger charge is 2.32. The van der Waals surface area contributed by atoms with Crippen LogP contribution < -0.4 is 11.1 Å². The fourth-order valence-corrected chi connectivity index (χ4v) is 2.92. The molecule has 0 aromatic heterocycles. The van der Waals surface area contributed by atoms with E-state index in [0.29, 0.717) is 19.7 Å². The quantitative estimate of drug-likeness (QED) is 0.635. The van der Waals surface area contributed by atoms with E-state index in [9.17, 15) is 4.79 Å². The summed E-state index contributed by atoms with van der Waals surface area (Å²) in [6.45, 7) is 4.27. The first-order valence-corrected chi connectivity index (χ1v) is 7.61. The molecule has 3 N–H and O–H groups in total. The normalized spacial score (nSPS) is 19.7. The van der Waals surface area contributed by atoms with Crippen LogP contribution in [0.1, 0.15) is 12.8 Å². The Morgan fingerprint density at radius 3 is 2.67 bits per heavy atom. The molecule has 0 spiro atoms. The van der Waals surface area contributed by atoms with Crippen molar-refractivity contribution >= 4 is 17.7 Å². The number of nitrogens with one attached hydrogen (secondary N) is 1. The predicted molar refractivity (Wildman–Crippen MR) is 75.9 cm³/mol. The fraction of sp³-hybridized carbons (Fsp3) is 0.917. The van der Waals surface area contributed by atoms with Crippen molar-refractivity contribution in [2.75, 3.05) is 52.7 Å². The van der Waals surface area contributed by atoms with Gasteiger partial charge < -0.3 is 15.8 Å². The number of carbonyl (C=O) groups excluding carboxylic acids is 1. The maximum atomic E-state index is 11.6. The predicted octanol–water partition coefficient (Wildman–Crippen LogP) is -0.0947. The second-order valence-electron chi connectivity index (χ2n) is 4.71. The van der Waals surface area contributed by atoms with Crippen LogP contribution in [0.25, 0.3) is 0 Å². The first-order chi connectivity index (χ1) is 8.65. The standard InChI is InChI=1S/C12H25N3O2S/c1-17-8-5-14-11(16)9-15-6-3-12(10-13,18-2)4-7-15/h3-10,13H2,1-2H3,(H,14,16). The second kappa shape index (κ2) is 7.99. The van der Waals surface area contributed by atoms with Crippen molar-refractivity contribution in [1.82, 2.24) is 10.2 Å². The van der Waals surface area contributed by atoms with Crippen molar-refractivity contribution in [3.63, 3.8) is 0 Å². The second-order valence-corrected chi connectivity index (χ2v) is 5.98. The highest BCUT2D eigenvalue weighted by molar-refractivity contribution is 8.00. The van der Waals surface area contributed by atoms with Crippen LogP contribution >= 0.6 is 11.8 Å². The van der Waals surface area contributed by atoms with Crippen molar-refractivity contribution < 1.29 is 9.53 Å². The summed E-state index contributed by atoms with van der Waals surface area (Å²) in [6.07, 6.45) is 4.26. The van der Waals surface area contributed by atoms with Crippen LogP contribution in [0.3, 0.4) is 0 Å². The van der Waals surface area contributed by atoms with Gasteiger partial charge in [0.2, 0.25) is 5.91 Å². The smallest absolute Gasteiger partial charge is 0.234 e. The van der Waals surface area contributed by atoms with Gasteiger partial charge in [0.25, 0.3) is 0 Å². The minimum atomic E-state index is 0.0800. The van der Waals surface area contributed by atoms with Gasteiger partial charge in [-0.05, 0) is 19.1 Å². The van der Waals surface area contributed by atoms with Gasteiger partial charge in [-0.2, -0.15) is 11.8 Å². The molecule has 1 saturated heterocycles. The molecule has 1 aliphatic heterocycles. The Morgan fingerprint density at radius 2 is 2.17 bits per heavy atom. The van der Waals surface area contributed by atoms with Gasteiger partial charge in [0.1, 0.15) is 0 Å². The third-order valence-electron chi connectivity index (χ3n) is 3.57. The highest BCUT2D eigenvalue weighted by Crippen LogP contribution is 2.33. The molecule has 5 nitrogen and oxygen atoms in total. The summed E-state index contributed by atoms with van der Waals surface area (Å²) >= 11 is 1.86. The summed E-state index contributed by atoms with van der Waals surface area (Å²) in [5, 5.41) is 2.84. The SMILES string of the molecule is COCCNC(=O)CN1CCC(CN)(SC)CC1. The lowest BCUT2D eigenvalue weighted by Gasteiger charge is -2.39. The Balaban J connectivity index is 2.24. The largest absolute Gasteiger partial charge is 0.383 e. The maximum absolute atomic E-state index is 11.6. The number of rotatable bonds is 7. The molecular weight excluding hydrogens is 250 g/mol. The average molecular weight is 275 g/mol. The topological polar surface area (TPSA) is 67.6 Å². The number of nitrogens with zero attached hydrogens (tertiary/aromatic N) is 1. The molecule has 18 heavy (non-hydrogen) atoms. The van der Waals surface area contributed by atoms with E-state index in [2.05, 4.69) is 16.5 Å². The van der Waals surface area contributed by atoms with Gasteiger partial charge in [0.15, 0.2) is 0 Å². The Hall–Kier alpha value is -0.300. The zero-order valence-electron chi connectivity index (χ0n) is 11.4. The van der Waals surface area contributed by atoms with Crippen molar-refractivity contribution in [1.29, 1.82) is 0 Å². The number of likely N-dealkylation sites (tertiary alicyclic amines) is 1. The molecule has 106 valence electrons. The van der Waals surface area contributed by atoms with Crippen LogP contribution in [-0.4, -0.2) is 68.3 Å². The van der Waals surface area contributed by atoms with Crippen LogP contribution in [0.2, 0.25) is 0 Å². The highest BCUT2D eigenvalue weighted by atomic mass is 32.2. The first-order valence-electron chi connectivity index (χ1n) is 6.39. The van der Waals surface area contributed by atoms with Crippen molar-refractivity contribution in [2.24, 2.45) is 5.73 Å². The molecule has 1 fully saturated rings. The van der Waals surface area contributed by atoms with Crippen LogP contribution in [-0.2, 0) is 9.53 Å². The number of hydrogen-bond donors (Lipinski definition) is 2. The molecule has 0 unspecified atom stereocenters. The summed E-state index contributed by atoms with van der Waals surface area (Å²) in [4.78, 5) is 13.8. The number of nitrogens with two attached hydrogens (primary N) is 1. The molecule has 0 aromatic carbocycles. The molecule has 1 amide bonds. The Bertz CT molecular complexity index is 250. The van der Waals surface area contributed by atoms with Crippen molar-refractivity contribution in [3.8, 4) is 0 Å². The van der Waals surface area contributed by atoms with Gasteiger partial charge in [-0.3, -0.25) is 9.69 Å². The summed E-state index contributed by atoms with van der Waals surface area (Å²) in [6, 6.07) is 0. The minimum absolute atomic E-state index is 0.0800.